The molecule has 0 N–H and O–H groups in total. The largest absolute Gasteiger partial charge is 0.0622 e. The summed E-state index contributed by atoms with van der Waals surface area (Å²) in [5.41, 5.74) is 7.92. The highest BCUT2D eigenvalue weighted by Gasteiger charge is 2.10. The Morgan fingerprint density at radius 1 is 0.636 bits per heavy atom. The summed E-state index contributed by atoms with van der Waals surface area (Å²) in [6.07, 6.45) is 0. The molecule has 0 bridgehead atoms. The highest BCUT2D eigenvalue weighted by Crippen LogP contribution is 2.33. The van der Waals surface area contributed by atoms with Crippen LogP contribution in [-0.4, -0.2) is 0 Å². The Morgan fingerprint density at radius 3 is 1.91 bits per heavy atom. The van der Waals surface area contributed by atoms with Gasteiger partial charge in [0.05, 0.1) is 0 Å². The fourth-order valence-electron chi connectivity index (χ4n) is 2.85. The van der Waals surface area contributed by atoms with Gasteiger partial charge in [-0.15, -0.1) is 0 Å². The maximum Gasteiger partial charge on any atom is -0.0149 e. The van der Waals surface area contributed by atoms with Gasteiger partial charge < -0.3 is 0 Å². The first-order valence-electron chi connectivity index (χ1n) is 7.91. The predicted molar refractivity (Wildman–Crippen MR) is 96.1 cm³/mol. The molecule has 0 aliphatic carbocycles. The normalized spacial score (nSPS) is 10.9. The van der Waals surface area contributed by atoms with Crippen LogP contribution < -0.4 is 0 Å². The molecule has 0 radical (unpaired) electrons. The fourth-order valence-corrected chi connectivity index (χ4v) is 2.85. The quantitative estimate of drug-likeness (QED) is 0.519. The lowest BCUT2D eigenvalue weighted by Gasteiger charge is -2.15. The van der Waals surface area contributed by atoms with Crippen molar-refractivity contribution in [1.82, 2.24) is 0 Å². The van der Waals surface area contributed by atoms with Gasteiger partial charge in [0.15, 0.2) is 0 Å². The van der Waals surface area contributed by atoms with Crippen molar-refractivity contribution in [2.24, 2.45) is 0 Å². The minimum Gasteiger partial charge on any atom is -0.0622 e. The van der Waals surface area contributed by atoms with Crippen LogP contribution in [0, 0.1) is 6.92 Å². The highest BCUT2D eigenvalue weighted by atomic mass is 14.1. The van der Waals surface area contributed by atoms with Gasteiger partial charge in [-0.2, -0.15) is 0 Å². The van der Waals surface area contributed by atoms with E-state index in [4.69, 9.17) is 0 Å². The van der Waals surface area contributed by atoms with Crippen molar-refractivity contribution in [3.63, 3.8) is 0 Å². The van der Waals surface area contributed by atoms with E-state index in [1.165, 1.54) is 33.4 Å². The lowest BCUT2D eigenvalue weighted by Crippen LogP contribution is -1.93. The molecule has 0 unspecified atom stereocenters. The average molecular weight is 286 g/mol. The lowest BCUT2D eigenvalue weighted by molar-refractivity contribution is 0.869. The van der Waals surface area contributed by atoms with Crippen molar-refractivity contribution in [3.05, 3.63) is 83.9 Å². The van der Waals surface area contributed by atoms with Gasteiger partial charge in [-0.3, -0.25) is 0 Å². The van der Waals surface area contributed by atoms with Crippen LogP contribution in [0.15, 0.2) is 72.8 Å². The first-order chi connectivity index (χ1) is 10.6. The van der Waals surface area contributed by atoms with Gasteiger partial charge in [0, 0.05) is 0 Å². The topological polar surface area (TPSA) is 0 Å². The van der Waals surface area contributed by atoms with Gasteiger partial charge in [0.1, 0.15) is 0 Å². The molecule has 0 atom stereocenters. The van der Waals surface area contributed by atoms with E-state index in [0.29, 0.717) is 5.92 Å². The number of benzene rings is 3. The predicted octanol–water partition coefficient (Wildman–Crippen LogP) is 6.45. The molecule has 110 valence electrons. The zero-order valence-corrected chi connectivity index (χ0v) is 13.5. The molecule has 0 heteroatoms. The number of hydrogen-bond acceptors (Lipinski definition) is 0. The summed E-state index contributed by atoms with van der Waals surface area (Å²) in [4.78, 5) is 0. The minimum absolute atomic E-state index is 0.501. The van der Waals surface area contributed by atoms with Gasteiger partial charge in [0.2, 0.25) is 0 Å². The molecule has 0 fully saturated rings. The van der Waals surface area contributed by atoms with Gasteiger partial charge in [-0.25, -0.2) is 0 Å². The molecule has 0 aromatic heterocycles. The lowest BCUT2D eigenvalue weighted by atomic mass is 9.89. The molecule has 0 saturated heterocycles. The standard InChI is InChI=1S/C22H22/c1-16(2)22-15-20(18-11-9-17(3)10-12-18)13-14-21(22)19-7-5-4-6-8-19/h4-16H,1-3H3. The van der Waals surface area contributed by atoms with Crippen molar-refractivity contribution in [2.75, 3.05) is 0 Å². The summed E-state index contributed by atoms with van der Waals surface area (Å²) in [6, 6.07) is 26.3. The van der Waals surface area contributed by atoms with E-state index in [2.05, 4.69) is 93.6 Å². The van der Waals surface area contributed by atoms with E-state index < -0.39 is 0 Å². The van der Waals surface area contributed by atoms with E-state index in [1.807, 2.05) is 0 Å². The number of aryl methyl sites for hydroxylation is 1. The third-order valence-electron chi connectivity index (χ3n) is 4.14. The second-order valence-electron chi connectivity index (χ2n) is 6.19. The molecule has 0 nitrogen and oxygen atoms in total. The Kier molecular flexibility index (Phi) is 4.11. The van der Waals surface area contributed by atoms with Crippen LogP contribution in [-0.2, 0) is 0 Å². The molecule has 0 heterocycles. The van der Waals surface area contributed by atoms with Crippen LogP contribution in [0.1, 0.15) is 30.9 Å². The Bertz CT molecular complexity index is 750. The van der Waals surface area contributed by atoms with Gasteiger partial charge in [-0.1, -0.05) is 92.2 Å². The summed E-state index contributed by atoms with van der Waals surface area (Å²) in [5, 5.41) is 0. The van der Waals surface area contributed by atoms with Crippen LogP contribution in [0.2, 0.25) is 0 Å². The van der Waals surface area contributed by atoms with Crippen molar-refractivity contribution >= 4 is 0 Å². The van der Waals surface area contributed by atoms with Crippen LogP contribution in [0.25, 0.3) is 22.3 Å². The molecule has 0 saturated carbocycles. The maximum atomic E-state index is 2.34. The molecule has 3 rings (SSSR count). The van der Waals surface area contributed by atoms with Crippen LogP contribution >= 0.6 is 0 Å². The SMILES string of the molecule is Cc1ccc(-c2ccc(-c3ccccc3)c(C(C)C)c2)cc1. The molecule has 0 aliphatic rings. The summed E-state index contributed by atoms with van der Waals surface area (Å²) < 4.78 is 0. The van der Waals surface area contributed by atoms with Crippen molar-refractivity contribution in [2.45, 2.75) is 26.7 Å². The van der Waals surface area contributed by atoms with E-state index in [-0.39, 0.29) is 0 Å². The summed E-state index contributed by atoms with van der Waals surface area (Å²) in [6.45, 7) is 6.66. The van der Waals surface area contributed by atoms with Crippen molar-refractivity contribution in [1.29, 1.82) is 0 Å². The minimum atomic E-state index is 0.501. The average Bonchev–Trinajstić information content (AvgIpc) is 2.56. The van der Waals surface area contributed by atoms with Crippen LogP contribution in [0.3, 0.4) is 0 Å². The Hall–Kier alpha value is -2.34. The first kappa shape index (κ1) is 14.6. The third-order valence-corrected chi connectivity index (χ3v) is 4.14. The van der Waals surface area contributed by atoms with E-state index in [0.717, 1.165) is 0 Å². The van der Waals surface area contributed by atoms with E-state index in [9.17, 15) is 0 Å². The summed E-state index contributed by atoms with van der Waals surface area (Å²) >= 11 is 0. The van der Waals surface area contributed by atoms with E-state index >= 15 is 0 Å². The molecule has 3 aromatic carbocycles. The molecule has 22 heavy (non-hydrogen) atoms. The Morgan fingerprint density at radius 2 is 1.27 bits per heavy atom. The summed E-state index contributed by atoms with van der Waals surface area (Å²) in [7, 11) is 0. The molecule has 0 amide bonds. The number of rotatable bonds is 3. The van der Waals surface area contributed by atoms with E-state index in [1.54, 1.807) is 0 Å². The fraction of sp³-hybridized carbons (Fsp3) is 0.182. The summed E-state index contributed by atoms with van der Waals surface area (Å²) in [5.74, 6) is 0.501. The molecular weight excluding hydrogens is 264 g/mol. The van der Waals surface area contributed by atoms with Crippen molar-refractivity contribution in [3.8, 4) is 22.3 Å². The van der Waals surface area contributed by atoms with Gasteiger partial charge in [-0.05, 0) is 40.7 Å². The highest BCUT2D eigenvalue weighted by molar-refractivity contribution is 5.74. The molecular formula is C22H22. The van der Waals surface area contributed by atoms with Crippen molar-refractivity contribution < 1.29 is 0 Å². The molecule has 0 aliphatic heterocycles. The first-order valence-corrected chi connectivity index (χ1v) is 7.91. The monoisotopic (exact) mass is 286 g/mol. The van der Waals surface area contributed by atoms with Gasteiger partial charge >= 0.3 is 0 Å². The third kappa shape index (κ3) is 2.96. The maximum absolute atomic E-state index is 2.34. The van der Waals surface area contributed by atoms with Crippen LogP contribution in [0.5, 0.6) is 0 Å². The zero-order chi connectivity index (χ0) is 15.5. The Balaban J connectivity index is 2.10. The molecule has 0 spiro atoms. The second kappa shape index (κ2) is 6.19. The second-order valence-corrected chi connectivity index (χ2v) is 6.19. The van der Waals surface area contributed by atoms with Gasteiger partial charge in [0.25, 0.3) is 0 Å². The Labute approximate surface area is 133 Å². The van der Waals surface area contributed by atoms with Crippen LogP contribution in [0.4, 0.5) is 0 Å². The molecule has 3 aromatic rings. The zero-order valence-electron chi connectivity index (χ0n) is 13.5. The number of hydrogen-bond donors (Lipinski definition) is 0. The smallest absolute Gasteiger partial charge is 0.0149 e.